The van der Waals surface area contributed by atoms with E-state index in [0.29, 0.717) is 5.56 Å². The van der Waals surface area contributed by atoms with Gasteiger partial charge in [-0.05, 0) is 90.8 Å². The molecule has 40 heavy (non-hydrogen) atoms. The Labute approximate surface area is 248 Å². The van der Waals surface area contributed by atoms with Crippen molar-refractivity contribution < 1.29 is 14.7 Å². The van der Waals surface area contributed by atoms with E-state index >= 15 is 0 Å². The van der Waals surface area contributed by atoms with Crippen molar-refractivity contribution in [3.05, 3.63) is 141 Å². The van der Waals surface area contributed by atoms with Crippen molar-refractivity contribution in [2.45, 2.75) is 20.0 Å². The Bertz CT molecular complexity index is 1680. The average molecular weight is 658 g/mol. The molecule has 1 N–H and O–H groups in total. The highest BCUT2D eigenvalue weighted by Gasteiger charge is 2.08. The van der Waals surface area contributed by atoms with Crippen LogP contribution in [0.2, 0.25) is 0 Å². The molecule has 5 nitrogen and oxygen atoms in total. The van der Waals surface area contributed by atoms with Gasteiger partial charge in [-0.25, -0.2) is 4.79 Å². The van der Waals surface area contributed by atoms with Gasteiger partial charge in [0.25, 0.3) is 0 Å². The summed E-state index contributed by atoms with van der Waals surface area (Å²) in [6, 6.07) is 31.6. The van der Waals surface area contributed by atoms with Gasteiger partial charge in [-0.15, -0.1) is 0 Å². The molecular formula is C33H26Br2N2O3. The lowest BCUT2D eigenvalue weighted by molar-refractivity contribution is 0.0696. The predicted molar refractivity (Wildman–Crippen MR) is 167 cm³/mol. The Morgan fingerprint density at radius 3 is 1.48 bits per heavy atom. The number of hydrogen-bond acceptors (Lipinski definition) is 2. The van der Waals surface area contributed by atoms with E-state index in [1.165, 1.54) is 11.1 Å². The Morgan fingerprint density at radius 1 is 0.625 bits per heavy atom. The molecule has 200 valence electrons. The van der Waals surface area contributed by atoms with Crippen LogP contribution in [0.1, 0.15) is 38.8 Å². The number of aromatic carboxylic acids is 1. The first kappa shape index (κ1) is 27.6. The monoisotopic (exact) mass is 656 g/mol. The number of carbonyl (C=O) groups is 2. The van der Waals surface area contributed by atoms with E-state index in [9.17, 15) is 9.59 Å². The molecule has 2 aromatic heterocycles. The van der Waals surface area contributed by atoms with Crippen molar-refractivity contribution in [2.24, 2.45) is 0 Å². The fraction of sp³-hybridized carbons (Fsp3) is 0.0909. The molecule has 6 aromatic rings. The van der Waals surface area contributed by atoms with Gasteiger partial charge in [0.15, 0.2) is 5.78 Å². The van der Waals surface area contributed by atoms with Crippen LogP contribution >= 0.6 is 31.9 Å². The van der Waals surface area contributed by atoms with Crippen LogP contribution < -0.4 is 0 Å². The van der Waals surface area contributed by atoms with Gasteiger partial charge in [-0.3, -0.25) is 4.79 Å². The van der Waals surface area contributed by atoms with Gasteiger partial charge < -0.3 is 14.2 Å². The van der Waals surface area contributed by atoms with Crippen LogP contribution in [-0.2, 0) is 13.1 Å². The lowest BCUT2D eigenvalue weighted by Crippen LogP contribution is -1.99. The summed E-state index contributed by atoms with van der Waals surface area (Å²) in [6.45, 7) is 3.19. The number of carboxylic acid groups (broad SMARTS) is 1. The van der Waals surface area contributed by atoms with E-state index in [-0.39, 0.29) is 5.78 Å². The SMILES string of the molecule is CC(=O)c1ccc2c(ccn2Cc2ccc(Br)cc2)c1.O=C(O)c1ccc2c(ccn2Cc2ccc(Br)cc2)c1. The summed E-state index contributed by atoms with van der Waals surface area (Å²) in [4.78, 5) is 22.4. The molecule has 0 bridgehead atoms. The minimum Gasteiger partial charge on any atom is -0.478 e. The maximum atomic E-state index is 11.4. The Morgan fingerprint density at radius 2 is 1.05 bits per heavy atom. The zero-order valence-electron chi connectivity index (χ0n) is 21.7. The highest BCUT2D eigenvalue weighted by molar-refractivity contribution is 9.10. The maximum Gasteiger partial charge on any atom is 0.335 e. The average Bonchev–Trinajstić information content (AvgIpc) is 3.54. The van der Waals surface area contributed by atoms with Gasteiger partial charge in [0.1, 0.15) is 0 Å². The molecule has 0 saturated heterocycles. The molecule has 0 aliphatic rings. The molecular weight excluding hydrogens is 632 g/mol. The fourth-order valence-corrected chi connectivity index (χ4v) is 5.13. The molecule has 7 heteroatoms. The van der Waals surface area contributed by atoms with Crippen LogP contribution in [0.15, 0.2) is 118 Å². The summed E-state index contributed by atoms with van der Waals surface area (Å²) in [7, 11) is 0. The number of ketones is 1. The molecule has 0 unspecified atom stereocenters. The first-order valence-electron chi connectivity index (χ1n) is 12.7. The lowest BCUT2D eigenvalue weighted by Gasteiger charge is -2.06. The van der Waals surface area contributed by atoms with E-state index in [0.717, 1.165) is 49.4 Å². The summed E-state index contributed by atoms with van der Waals surface area (Å²) in [6.07, 6.45) is 4.05. The molecule has 0 atom stereocenters. The van der Waals surface area contributed by atoms with Gasteiger partial charge in [-0.1, -0.05) is 56.1 Å². The summed E-state index contributed by atoms with van der Waals surface area (Å²) >= 11 is 6.87. The lowest BCUT2D eigenvalue weighted by atomic mass is 10.1. The molecule has 0 aliphatic heterocycles. The van der Waals surface area contributed by atoms with E-state index < -0.39 is 5.97 Å². The molecule has 0 spiro atoms. The third-order valence-corrected chi connectivity index (χ3v) is 7.79. The number of carbonyl (C=O) groups excluding carboxylic acids is 1. The number of Topliss-reactive ketones (excluding diaryl/α,β-unsaturated/α-hetero) is 1. The number of halogens is 2. The van der Waals surface area contributed by atoms with Crippen molar-refractivity contribution in [3.63, 3.8) is 0 Å². The van der Waals surface area contributed by atoms with Crippen LogP contribution in [0, 0.1) is 0 Å². The molecule has 0 amide bonds. The molecule has 0 aliphatic carbocycles. The second kappa shape index (κ2) is 12.1. The highest BCUT2D eigenvalue weighted by Crippen LogP contribution is 2.21. The zero-order chi connectivity index (χ0) is 28.2. The van der Waals surface area contributed by atoms with E-state index in [2.05, 4.69) is 89.7 Å². The minimum atomic E-state index is -0.896. The minimum absolute atomic E-state index is 0.104. The normalized spacial score (nSPS) is 10.9. The predicted octanol–water partition coefficient (Wildman–Crippen LogP) is 8.81. The Hall–Kier alpha value is -3.94. The first-order valence-corrected chi connectivity index (χ1v) is 14.3. The second-order valence-corrected chi connectivity index (χ2v) is 11.4. The van der Waals surface area contributed by atoms with Crippen LogP contribution in [-0.4, -0.2) is 26.0 Å². The van der Waals surface area contributed by atoms with E-state index in [1.54, 1.807) is 19.1 Å². The van der Waals surface area contributed by atoms with Crippen molar-refractivity contribution in [2.75, 3.05) is 0 Å². The smallest absolute Gasteiger partial charge is 0.335 e. The van der Waals surface area contributed by atoms with Crippen molar-refractivity contribution in [1.29, 1.82) is 0 Å². The molecule has 0 radical (unpaired) electrons. The summed E-state index contributed by atoms with van der Waals surface area (Å²) in [5.74, 6) is -0.792. The van der Waals surface area contributed by atoms with Crippen LogP contribution in [0.25, 0.3) is 21.8 Å². The first-order chi connectivity index (χ1) is 19.3. The number of nitrogens with zero attached hydrogens (tertiary/aromatic N) is 2. The van der Waals surface area contributed by atoms with Gasteiger partial charge in [0.05, 0.1) is 5.56 Å². The number of rotatable bonds is 6. The third kappa shape index (κ3) is 6.43. The van der Waals surface area contributed by atoms with E-state index in [1.807, 2.05) is 48.7 Å². The third-order valence-electron chi connectivity index (χ3n) is 6.73. The molecule has 2 heterocycles. The van der Waals surface area contributed by atoms with Crippen LogP contribution in [0.4, 0.5) is 0 Å². The number of benzene rings is 4. The van der Waals surface area contributed by atoms with Gasteiger partial charge >= 0.3 is 5.97 Å². The zero-order valence-corrected chi connectivity index (χ0v) is 24.9. The number of fused-ring (bicyclic) bond motifs is 2. The van der Waals surface area contributed by atoms with Gasteiger partial charge in [0, 0.05) is 61.8 Å². The van der Waals surface area contributed by atoms with Crippen LogP contribution in [0.3, 0.4) is 0 Å². The fourth-order valence-electron chi connectivity index (χ4n) is 4.60. The summed E-state index contributed by atoms with van der Waals surface area (Å²) in [5, 5.41) is 11.1. The largest absolute Gasteiger partial charge is 0.478 e. The van der Waals surface area contributed by atoms with Crippen molar-refractivity contribution in [1.82, 2.24) is 9.13 Å². The van der Waals surface area contributed by atoms with Gasteiger partial charge in [0.2, 0.25) is 0 Å². The quantitative estimate of drug-likeness (QED) is 0.182. The molecule has 6 rings (SSSR count). The number of hydrogen-bond donors (Lipinski definition) is 1. The van der Waals surface area contributed by atoms with Gasteiger partial charge in [-0.2, -0.15) is 0 Å². The molecule has 0 fully saturated rings. The summed E-state index contributed by atoms with van der Waals surface area (Å²) < 4.78 is 6.46. The van der Waals surface area contributed by atoms with Crippen LogP contribution in [0.5, 0.6) is 0 Å². The molecule has 0 saturated carbocycles. The van der Waals surface area contributed by atoms with Crippen molar-refractivity contribution >= 4 is 65.4 Å². The standard InChI is InChI=1S/C17H14BrNO.C16H12BrNO2/c1-12(20)14-4-7-17-15(10-14)8-9-19(17)11-13-2-5-16(18)6-3-13;17-14-4-1-11(2-5-14)10-18-8-7-12-9-13(16(19)20)3-6-15(12)18/h2-10H,11H2,1H3;1-9H,10H2,(H,19,20). The second-order valence-electron chi connectivity index (χ2n) is 9.55. The highest BCUT2D eigenvalue weighted by atomic mass is 79.9. The number of carboxylic acids is 1. The maximum absolute atomic E-state index is 11.4. The topological polar surface area (TPSA) is 64.2 Å². The Kier molecular flexibility index (Phi) is 8.33. The van der Waals surface area contributed by atoms with Crippen molar-refractivity contribution in [3.8, 4) is 0 Å². The summed E-state index contributed by atoms with van der Waals surface area (Å²) in [5.41, 5.74) is 5.72. The van der Waals surface area contributed by atoms with E-state index in [4.69, 9.17) is 5.11 Å². The Balaban J connectivity index is 0.000000161. The number of aromatic nitrogens is 2. The molecule has 4 aromatic carbocycles.